The van der Waals surface area contributed by atoms with Gasteiger partial charge in [0.1, 0.15) is 0 Å². The first-order valence-corrected chi connectivity index (χ1v) is 6.82. The molecule has 0 aliphatic heterocycles. The van der Waals surface area contributed by atoms with Gasteiger partial charge in [0, 0.05) is 23.2 Å². The molecular weight excluding hydrogens is 375 g/mol. The number of carbonyl (C=O) groups is 3. The van der Waals surface area contributed by atoms with Gasteiger partial charge in [-0.3, -0.25) is 9.59 Å². The molecule has 0 aromatic heterocycles. The standard InChI is InChI=1S/C13H15IN2O4/c1-13(12(19)20,11(18)15-2)16(3)10(17)8-4-6-9(14)7-5-8/h4-7H,1-3H3,(H,15,18)(H,19,20)/t13-/m0/s1. The number of aliphatic carboxylic acids is 1. The first-order chi connectivity index (χ1) is 9.25. The van der Waals surface area contributed by atoms with Crippen molar-refractivity contribution in [3.63, 3.8) is 0 Å². The van der Waals surface area contributed by atoms with Gasteiger partial charge >= 0.3 is 5.97 Å². The molecule has 0 unspecified atom stereocenters. The largest absolute Gasteiger partial charge is 0.479 e. The van der Waals surface area contributed by atoms with Crippen LogP contribution < -0.4 is 5.32 Å². The van der Waals surface area contributed by atoms with E-state index >= 15 is 0 Å². The first kappa shape index (κ1) is 16.4. The predicted molar refractivity (Wildman–Crippen MR) is 81.4 cm³/mol. The van der Waals surface area contributed by atoms with Crippen LogP contribution in [0.4, 0.5) is 0 Å². The van der Waals surface area contributed by atoms with Crippen molar-refractivity contribution < 1.29 is 19.5 Å². The lowest BCUT2D eigenvalue weighted by molar-refractivity contribution is -0.154. The van der Waals surface area contributed by atoms with Crippen molar-refractivity contribution in [3.05, 3.63) is 33.4 Å². The van der Waals surface area contributed by atoms with Crippen molar-refractivity contribution in [1.82, 2.24) is 10.2 Å². The molecule has 6 nitrogen and oxygen atoms in total. The van der Waals surface area contributed by atoms with Gasteiger partial charge in [0.15, 0.2) is 0 Å². The molecule has 0 spiro atoms. The van der Waals surface area contributed by atoms with E-state index in [0.29, 0.717) is 5.56 Å². The quantitative estimate of drug-likeness (QED) is 0.592. The predicted octanol–water partition coefficient (Wildman–Crippen LogP) is 0.952. The molecule has 0 radical (unpaired) electrons. The molecule has 0 aliphatic rings. The zero-order valence-electron chi connectivity index (χ0n) is 11.3. The molecule has 1 rings (SSSR count). The lowest BCUT2D eigenvalue weighted by Crippen LogP contribution is -2.61. The van der Waals surface area contributed by atoms with E-state index in [2.05, 4.69) is 27.9 Å². The van der Waals surface area contributed by atoms with Gasteiger partial charge in [-0.25, -0.2) is 4.79 Å². The van der Waals surface area contributed by atoms with Gasteiger partial charge in [0.05, 0.1) is 0 Å². The monoisotopic (exact) mass is 390 g/mol. The highest BCUT2D eigenvalue weighted by Crippen LogP contribution is 2.18. The van der Waals surface area contributed by atoms with Crippen LogP contribution in [0.25, 0.3) is 0 Å². The Bertz CT molecular complexity index is 544. The Balaban J connectivity index is 3.16. The Morgan fingerprint density at radius 3 is 2.15 bits per heavy atom. The van der Waals surface area contributed by atoms with E-state index < -0.39 is 23.3 Å². The van der Waals surface area contributed by atoms with Gasteiger partial charge in [-0.1, -0.05) is 0 Å². The Kier molecular flexibility index (Phi) is 5.09. The molecule has 2 amide bonds. The highest BCUT2D eigenvalue weighted by atomic mass is 127. The fourth-order valence-electron chi connectivity index (χ4n) is 1.63. The minimum absolute atomic E-state index is 0.323. The Labute approximate surface area is 130 Å². The molecule has 1 aromatic carbocycles. The number of nitrogens with zero attached hydrogens (tertiary/aromatic N) is 1. The zero-order chi connectivity index (χ0) is 15.5. The van der Waals surface area contributed by atoms with E-state index in [9.17, 15) is 19.5 Å². The number of carboxylic acids is 1. The summed E-state index contributed by atoms with van der Waals surface area (Å²) in [5.74, 6) is -2.68. The first-order valence-electron chi connectivity index (χ1n) is 5.74. The summed E-state index contributed by atoms with van der Waals surface area (Å²) in [7, 11) is 2.62. The average Bonchev–Trinajstić information content (AvgIpc) is 2.44. The van der Waals surface area contributed by atoms with Crippen LogP contribution in [0, 0.1) is 3.57 Å². The van der Waals surface area contributed by atoms with E-state index in [1.54, 1.807) is 24.3 Å². The SMILES string of the molecule is CNC(=O)[C@@](C)(C(=O)O)N(C)C(=O)c1ccc(I)cc1. The maximum absolute atomic E-state index is 12.3. The fourth-order valence-corrected chi connectivity index (χ4v) is 1.99. The molecular formula is C13H15IN2O4. The molecule has 0 bridgehead atoms. The minimum atomic E-state index is -1.96. The molecule has 7 heteroatoms. The molecule has 2 N–H and O–H groups in total. The lowest BCUT2D eigenvalue weighted by Gasteiger charge is -2.33. The number of halogens is 1. The maximum atomic E-state index is 12.3. The number of rotatable bonds is 4. The molecule has 0 saturated carbocycles. The molecule has 1 atom stereocenters. The van der Waals surface area contributed by atoms with Crippen LogP contribution in [0.2, 0.25) is 0 Å². The number of amides is 2. The Hall–Kier alpha value is -1.64. The summed E-state index contributed by atoms with van der Waals surface area (Å²) in [5.41, 5.74) is -1.64. The van der Waals surface area contributed by atoms with Crippen LogP contribution >= 0.6 is 22.6 Å². The number of carbonyl (C=O) groups excluding carboxylic acids is 2. The third-order valence-electron chi connectivity index (χ3n) is 3.15. The van der Waals surface area contributed by atoms with Gasteiger partial charge in [0.25, 0.3) is 11.8 Å². The molecule has 20 heavy (non-hydrogen) atoms. The smallest absolute Gasteiger partial charge is 0.339 e. The Morgan fingerprint density at radius 2 is 1.75 bits per heavy atom. The van der Waals surface area contributed by atoms with Crippen LogP contribution in [-0.2, 0) is 9.59 Å². The van der Waals surface area contributed by atoms with Crippen LogP contribution in [0.15, 0.2) is 24.3 Å². The number of benzene rings is 1. The number of hydrogen-bond donors (Lipinski definition) is 2. The second-order valence-corrected chi connectivity index (χ2v) is 5.57. The van der Waals surface area contributed by atoms with Gasteiger partial charge in [-0.05, 0) is 53.8 Å². The van der Waals surface area contributed by atoms with Crippen molar-refractivity contribution in [3.8, 4) is 0 Å². The summed E-state index contributed by atoms with van der Waals surface area (Å²) in [6, 6.07) is 6.65. The van der Waals surface area contributed by atoms with Crippen LogP contribution in [0.5, 0.6) is 0 Å². The number of nitrogens with one attached hydrogen (secondary N) is 1. The maximum Gasteiger partial charge on any atom is 0.339 e. The van der Waals surface area contributed by atoms with Crippen molar-refractivity contribution in [2.75, 3.05) is 14.1 Å². The van der Waals surface area contributed by atoms with Crippen LogP contribution in [0.1, 0.15) is 17.3 Å². The number of hydrogen-bond acceptors (Lipinski definition) is 3. The van der Waals surface area contributed by atoms with Gasteiger partial charge in [-0.15, -0.1) is 0 Å². The van der Waals surface area contributed by atoms with Crippen LogP contribution in [0.3, 0.4) is 0 Å². The van der Waals surface area contributed by atoms with E-state index in [1.807, 2.05) is 0 Å². The minimum Gasteiger partial charge on any atom is -0.479 e. The fraction of sp³-hybridized carbons (Fsp3) is 0.308. The van der Waals surface area contributed by atoms with E-state index in [-0.39, 0.29) is 0 Å². The van der Waals surface area contributed by atoms with Gasteiger partial charge in [-0.2, -0.15) is 0 Å². The molecule has 0 aliphatic carbocycles. The van der Waals surface area contributed by atoms with Gasteiger partial charge < -0.3 is 15.3 Å². The van der Waals surface area contributed by atoms with E-state index in [1.165, 1.54) is 21.0 Å². The van der Waals surface area contributed by atoms with E-state index in [0.717, 1.165) is 8.47 Å². The molecule has 0 heterocycles. The summed E-state index contributed by atoms with van der Waals surface area (Å²) < 4.78 is 0.953. The third kappa shape index (κ3) is 2.92. The summed E-state index contributed by atoms with van der Waals surface area (Å²) in [6.45, 7) is 1.19. The molecule has 0 saturated heterocycles. The summed E-state index contributed by atoms with van der Waals surface area (Å²) in [5, 5.41) is 11.6. The second-order valence-electron chi connectivity index (χ2n) is 4.33. The van der Waals surface area contributed by atoms with Crippen molar-refractivity contribution >= 4 is 40.4 Å². The van der Waals surface area contributed by atoms with Crippen molar-refractivity contribution in [2.24, 2.45) is 0 Å². The van der Waals surface area contributed by atoms with Crippen molar-refractivity contribution in [1.29, 1.82) is 0 Å². The number of carboxylic acid groups (broad SMARTS) is 1. The zero-order valence-corrected chi connectivity index (χ0v) is 13.5. The summed E-state index contributed by atoms with van der Waals surface area (Å²) >= 11 is 2.10. The van der Waals surface area contributed by atoms with E-state index in [4.69, 9.17) is 0 Å². The van der Waals surface area contributed by atoms with Gasteiger partial charge in [0.2, 0.25) is 5.54 Å². The summed E-state index contributed by atoms with van der Waals surface area (Å²) in [4.78, 5) is 36.5. The lowest BCUT2D eigenvalue weighted by atomic mass is 9.98. The highest BCUT2D eigenvalue weighted by molar-refractivity contribution is 14.1. The highest BCUT2D eigenvalue weighted by Gasteiger charge is 2.47. The molecule has 108 valence electrons. The topological polar surface area (TPSA) is 86.7 Å². The third-order valence-corrected chi connectivity index (χ3v) is 3.87. The second kappa shape index (κ2) is 6.21. The number of likely N-dealkylation sites (N-methyl/N-ethyl adjacent to an activating group) is 2. The van der Waals surface area contributed by atoms with Crippen LogP contribution in [-0.4, -0.2) is 47.4 Å². The molecule has 0 fully saturated rings. The van der Waals surface area contributed by atoms with Crippen molar-refractivity contribution in [2.45, 2.75) is 12.5 Å². The normalized spacial score (nSPS) is 13.2. The Morgan fingerprint density at radius 1 is 1.25 bits per heavy atom. The average molecular weight is 390 g/mol. The molecule has 1 aromatic rings. The summed E-state index contributed by atoms with van der Waals surface area (Å²) in [6.07, 6.45) is 0.